The van der Waals surface area contributed by atoms with Gasteiger partial charge in [0.2, 0.25) is 10.0 Å². The Balaban J connectivity index is 1.97. The summed E-state index contributed by atoms with van der Waals surface area (Å²) in [5.74, 6) is 0.584. The van der Waals surface area contributed by atoms with Crippen molar-refractivity contribution in [1.82, 2.24) is 14.3 Å². The van der Waals surface area contributed by atoms with Crippen LogP contribution in [0.5, 0.6) is 0 Å². The van der Waals surface area contributed by atoms with Gasteiger partial charge >= 0.3 is 0 Å². The quantitative estimate of drug-likeness (QED) is 0.808. The van der Waals surface area contributed by atoms with Crippen LogP contribution in [-0.4, -0.2) is 61.3 Å². The molecule has 0 spiro atoms. The highest BCUT2D eigenvalue weighted by Gasteiger charge is 2.33. The summed E-state index contributed by atoms with van der Waals surface area (Å²) in [5, 5.41) is 0. The van der Waals surface area contributed by atoms with E-state index in [4.69, 9.17) is 0 Å². The third-order valence-electron chi connectivity index (χ3n) is 3.44. The van der Waals surface area contributed by atoms with Crippen molar-refractivity contribution in [2.24, 2.45) is 5.41 Å². The summed E-state index contributed by atoms with van der Waals surface area (Å²) < 4.78 is 38.9. The Morgan fingerprint density at radius 1 is 1.24 bits per heavy atom. The van der Waals surface area contributed by atoms with Crippen LogP contribution in [0.2, 0.25) is 0 Å². The van der Waals surface area contributed by atoms with Crippen molar-refractivity contribution in [1.29, 1.82) is 0 Å². The molecule has 1 aromatic rings. The fourth-order valence-corrected chi connectivity index (χ4v) is 4.24. The Hall–Kier alpha value is -1.28. The minimum atomic E-state index is -3.43. The molecule has 21 heavy (non-hydrogen) atoms. The van der Waals surface area contributed by atoms with Gasteiger partial charge in [0.05, 0.1) is 18.6 Å². The van der Waals surface area contributed by atoms with Gasteiger partial charge in [-0.1, -0.05) is 13.8 Å². The van der Waals surface area contributed by atoms with Crippen molar-refractivity contribution in [3.05, 3.63) is 18.6 Å². The lowest BCUT2D eigenvalue weighted by Gasteiger charge is -2.35. The Morgan fingerprint density at radius 3 is 2.43 bits per heavy atom. The van der Waals surface area contributed by atoms with Gasteiger partial charge in [0.1, 0.15) is 5.82 Å². The maximum absolute atomic E-state index is 12.8. The van der Waals surface area contributed by atoms with Crippen LogP contribution in [0.1, 0.15) is 13.8 Å². The minimum absolute atomic E-state index is 0.165. The number of sulfonamides is 1. The highest BCUT2D eigenvalue weighted by Crippen LogP contribution is 2.22. The molecule has 0 radical (unpaired) electrons. The molecule has 0 N–H and O–H groups in total. The Morgan fingerprint density at radius 2 is 1.90 bits per heavy atom. The standard InChI is InChI=1S/C13H21FN4O2S/c1-13(2,10-14)11-21(19,20)18-7-5-17(6-8-18)12-9-15-3-4-16-12/h3-4,9H,5-8,10-11H2,1-2H3. The average molecular weight is 316 g/mol. The molecule has 1 aromatic heterocycles. The lowest BCUT2D eigenvalue weighted by molar-refractivity contribution is 0.279. The van der Waals surface area contributed by atoms with Crippen LogP contribution in [0.3, 0.4) is 0 Å². The third kappa shape index (κ3) is 4.10. The van der Waals surface area contributed by atoms with Crippen LogP contribution in [0.4, 0.5) is 10.2 Å². The highest BCUT2D eigenvalue weighted by molar-refractivity contribution is 7.89. The molecule has 0 amide bonds. The molecule has 0 unspecified atom stereocenters. The number of rotatable bonds is 5. The van der Waals surface area contributed by atoms with E-state index in [-0.39, 0.29) is 5.75 Å². The third-order valence-corrected chi connectivity index (χ3v) is 5.74. The first-order valence-electron chi connectivity index (χ1n) is 6.89. The van der Waals surface area contributed by atoms with Gasteiger partial charge in [0, 0.05) is 44.0 Å². The van der Waals surface area contributed by atoms with Gasteiger partial charge in [-0.25, -0.2) is 13.4 Å². The van der Waals surface area contributed by atoms with Crippen molar-refractivity contribution in [3.63, 3.8) is 0 Å². The van der Waals surface area contributed by atoms with Gasteiger partial charge in [-0.2, -0.15) is 4.31 Å². The lowest BCUT2D eigenvalue weighted by atomic mass is 9.99. The van der Waals surface area contributed by atoms with Crippen LogP contribution in [0, 0.1) is 5.41 Å². The van der Waals surface area contributed by atoms with Crippen molar-refractivity contribution in [3.8, 4) is 0 Å². The molecule has 0 saturated carbocycles. The monoisotopic (exact) mass is 316 g/mol. The van der Waals surface area contributed by atoms with Crippen molar-refractivity contribution in [2.75, 3.05) is 43.5 Å². The van der Waals surface area contributed by atoms with Gasteiger partial charge in [0.25, 0.3) is 0 Å². The Labute approximate surface area is 125 Å². The van der Waals surface area contributed by atoms with Crippen LogP contribution >= 0.6 is 0 Å². The lowest BCUT2D eigenvalue weighted by Crippen LogP contribution is -2.50. The second-order valence-corrected chi connectivity index (χ2v) is 7.97. The molecular weight excluding hydrogens is 295 g/mol. The molecule has 8 heteroatoms. The number of alkyl halides is 1. The normalized spacial score (nSPS) is 18.0. The van der Waals surface area contributed by atoms with E-state index in [9.17, 15) is 12.8 Å². The summed E-state index contributed by atoms with van der Waals surface area (Å²) >= 11 is 0. The van der Waals surface area contributed by atoms with Crippen molar-refractivity contribution in [2.45, 2.75) is 13.8 Å². The summed E-state index contributed by atoms with van der Waals surface area (Å²) in [6.07, 6.45) is 4.88. The first-order chi connectivity index (χ1) is 9.84. The van der Waals surface area contributed by atoms with Crippen LogP contribution in [0.15, 0.2) is 18.6 Å². The highest BCUT2D eigenvalue weighted by atomic mass is 32.2. The molecule has 1 fully saturated rings. The van der Waals surface area contributed by atoms with Gasteiger partial charge in [0.15, 0.2) is 0 Å². The largest absolute Gasteiger partial charge is 0.353 e. The smallest absolute Gasteiger partial charge is 0.214 e. The molecule has 1 aliphatic heterocycles. The van der Waals surface area contributed by atoms with Gasteiger partial charge in [-0.05, 0) is 0 Å². The van der Waals surface area contributed by atoms with Gasteiger partial charge in [-0.3, -0.25) is 9.37 Å². The van der Waals surface area contributed by atoms with E-state index in [1.165, 1.54) is 4.31 Å². The molecule has 0 aliphatic carbocycles. The second kappa shape index (κ2) is 6.23. The second-order valence-electron chi connectivity index (χ2n) is 6.00. The SMILES string of the molecule is CC(C)(CF)CS(=O)(=O)N1CCN(c2cnccn2)CC1. The van der Waals surface area contributed by atoms with Crippen LogP contribution in [0.25, 0.3) is 0 Å². The molecule has 2 heterocycles. The van der Waals surface area contributed by atoms with Crippen molar-refractivity contribution >= 4 is 15.8 Å². The number of hydrogen-bond donors (Lipinski definition) is 0. The number of anilines is 1. The van der Waals surface area contributed by atoms with Gasteiger partial charge < -0.3 is 4.90 Å². The summed E-state index contributed by atoms with van der Waals surface area (Å²) in [6.45, 7) is 4.51. The number of aromatic nitrogens is 2. The first-order valence-corrected chi connectivity index (χ1v) is 8.50. The van der Waals surface area contributed by atoms with Crippen molar-refractivity contribution < 1.29 is 12.8 Å². The zero-order chi connectivity index (χ0) is 15.5. The maximum Gasteiger partial charge on any atom is 0.214 e. The molecular formula is C13H21FN4O2S. The van der Waals surface area contributed by atoms with Gasteiger partial charge in [-0.15, -0.1) is 0 Å². The summed E-state index contributed by atoms with van der Waals surface area (Å²) in [6, 6.07) is 0. The number of nitrogens with zero attached hydrogens (tertiary/aromatic N) is 4. The number of hydrogen-bond acceptors (Lipinski definition) is 5. The fourth-order valence-electron chi connectivity index (χ4n) is 2.27. The first kappa shape index (κ1) is 16.1. The van der Waals surface area contributed by atoms with Crippen LogP contribution < -0.4 is 4.90 Å². The topological polar surface area (TPSA) is 66.4 Å². The molecule has 1 aliphatic rings. The summed E-state index contributed by atoms with van der Waals surface area (Å²) in [4.78, 5) is 10.2. The fraction of sp³-hybridized carbons (Fsp3) is 0.692. The van der Waals surface area contributed by atoms with E-state index in [1.807, 2.05) is 4.90 Å². The summed E-state index contributed by atoms with van der Waals surface area (Å²) in [7, 11) is -3.43. The van der Waals surface area contributed by atoms with E-state index in [1.54, 1.807) is 32.4 Å². The molecule has 1 saturated heterocycles. The van der Waals surface area contributed by atoms with Crippen LogP contribution in [-0.2, 0) is 10.0 Å². The van der Waals surface area contributed by atoms with E-state index in [0.29, 0.717) is 26.2 Å². The molecule has 0 atom stereocenters. The molecule has 6 nitrogen and oxygen atoms in total. The predicted molar refractivity (Wildman–Crippen MR) is 79.4 cm³/mol. The zero-order valence-electron chi connectivity index (χ0n) is 12.4. The Kier molecular flexibility index (Phi) is 4.77. The Bertz CT molecular complexity index is 557. The van der Waals surface area contributed by atoms with E-state index >= 15 is 0 Å². The number of piperazine rings is 1. The predicted octanol–water partition coefficient (Wildman–Crippen LogP) is 0.924. The van der Waals surface area contributed by atoms with E-state index in [2.05, 4.69) is 9.97 Å². The minimum Gasteiger partial charge on any atom is -0.353 e. The molecule has 0 bridgehead atoms. The van der Waals surface area contributed by atoms with E-state index in [0.717, 1.165) is 5.82 Å². The number of halogens is 1. The maximum atomic E-state index is 12.8. The zero-order valence-corrected chi connectivity index (χ0v) is 13.2. The summed E-state index contributed by atoms with van der Waals surface area (Å²) in [5.41, 5.74) is -0.846. The van der Waals surface area contributed by atoms with E-state index < -0.39 is 22.1 Å². The average Bonchev–Trinajstić information content (AvgIpc) is 2.47. The molecule has 0 aromatic carbocycles. The molecule has 118 valence electrons. The molecule has 2 rings (SSSR count).